The molecule has 1 atom stereocenters. The van der Waals surface area contributed by atoms with Gasteiger partial charge in [-0.1, -0.05) is 54.1 Å². The summed E-state index contributed by atoms with van der Waals surface area (Å²) in [7, 11) is 0. The first kappa shape index (κ1) is 30.0. The summed E-state index contributed by atoms with van der Waals surface area (Å²) >= 11 is 7.88. The Kier molecular flexibility index (Phi) is 8.29. The van der Waals surface area contributed by atoms with Crippen molar-refractivity contribution in [1.82, 2.24) is 14.5 Å². The van der Waals surface area contributed by atoms with Crippen LogP contribution in [0.15, 0.2) is 85.2 Å². The molecule has 8 heteroatoms. The molecular weight excluding hydrogens is 590 g/mol. The van der Waals surface area contributed by atoms with Gasteiger partial charge in [0.15, 0.2) is 6.10 Å². The summed E-state index contributed by atoms with van der Waals surface area (Å²) in [5.74, 6) is -0.415. The Morgan fingerprint density at radius 3 is 2.41 bits per heavy atom. The third-order valence-corrected chi connectivity index (χ3v) is 8.75. The van der Waals surface area contributed by atoms with Gasteiger partial charge in [0, 0.05) is 28.3 Å². The number of carbonyl (C=O) groups is 1. The van der Waals surface area contributed by atoms with Crippen molar-refractivity contribution in [3.05, 3.63) is 107 Å². The van der Waals surface area contributed by atoms with Gasteiger partial charge in [-0.3, -0.25) is 0 Å². The summed E-state index contributed by atoms with van der Waals surface area (Å²) in [4.78, 5) is 23.2. The molecule has 0 amide bonds. The van der Waals surface area contributed by atoms with Crippen LogP contribution in [0.5, 0.6) is 0 Å². The second-order valence-corrected chi connectivity index (χ2v) is 13.2. The van der Waals surface area contributed by atoms with Gasteiger partial charge in [0.25, 0.3) is 0 Å². The molecule has 0 bridgehead atoms. The molecule has 0 N–H and O–H groups in total. The first-order chi connectivity index (χ1) is 21.1. The molecule has 4 aromatic carbocycles. The zero-order valence-electron chi connectivity index (χ0n) is 25.4. The average molecular weight is 624 g/mol. The maximum atomic E-state index is 13.4. The Bertz CT molecular complexity index is 1960. The van der Waals surface area contributed by atoms with Crippen LogP contribution >= 0.6 is 22.9 Å². The molecule has 0 aliphatic rings. The van der Waals surface area contributed by atoms with Crippen molar-refractivity contribution in [3.8, 4) is 21.7 Å². The number of halogens is 1. The summed E-state index contributed by atoms with van der Waals surface area (Å²) in [5.41, 5.74) is 7.94. The summed E-state index contributed by atoms with van der Waals surface area (Å²) in [6.45, 7) is 10.6. The lowest BCUT2D eigenvalue weighted by Crippen LogP contribution is -2.29. The van der Waals surface area contributed by atoms with Crippen LogP contribution < -0.4 is 0 Å². The van der Waals surface area contributed by atoms with E-state index in [1.807, 2.05) is 70.4 Å². The van der Waals surface area contributed by atoms with Gasteiger partial charge in [0.05, 0.1) is 39.8 Å². The van der Waals surface area contributed by atoms with Crippen LogP contribution in [0.25, 0.3) is 42.9 Å². The van der Waals surface area contributed by atoms with E-state index in [2.05, 4.69) is 47.0 Å². The molecule has 0 fully saturated rings. The Labute approximate surface area is 266 Å². The normalized spacial score (nSPS) is 12.6. The molecule has 0 saturated carbocycles. The van der Waals surface area contributed by atoms with E-state index in [-0.39, 0.29) is 6.61 Å². The molecule has 0 aliphatic carbocycles. The summed E-state index contributed by atoms with van der Waals surface area (Å²) in [6.07, 6.45) is 0.972. The van der Waals surface area contributed by atoms with Crippen LogP contribution in [0.3, 0.4) is 0 Å². The number of benzene rings is 4. The van der Waals surface area contributed by atoms with E-state index < -0.39 is 17.7 Å². The van der Waals surface area contributed by atoms with Crippen molar-refractivity contribution >= 4 is 50.2 Å². The van der Waals surface area contributed by atoms with Crippen molar-refractivity contribution in [2.24, 2.45) is 0 Å². The van der Waals surface area contributed by atoms with Gasteiger partial charge in [-0.2, -0.15) is 0 Å². The number of aromatic nitrogens is 3. The standard InChI is InChI=1S/C36H34ClN3O3S/c1-6-42-35(41)32(43-36(3,4)5)30-22(2)18-28-33(31(30)24-12-15-26(37)16-13-24)44-34(39-28)25-14-17-29-27(19-25)38-21-40(29)20-23-10-8-7-9-11-23/h7-19,21,32H,6,20H2,1-5H3/t32-/m0/s1. The Morgan fingerprint density at radius 1 is 0.977 bits per heavy atom. The Balaban J connectivity index is 1.50. The van der Waals surface area contributed by atoms with Gasteiger partial charge in [-0.05, 0) is 87.7 Å². The van der Waals surface area contributed by atoms with Crippen LogP contribution in [0.1, 0.15) is 50.5 Å². The third-order valence-electron chi connectivity index (χ3n) is 7.36. The van der Waals surface area contributed by atoms with Gasteiger partial charge in [0.1, 0.15) is 5.01 Å². The highest BCUT2D eigenvalue weighted by Gasteiger charge is 2.33. The van der Waals surface area contributed by atoms with E-state index in [9.17, 15) is 4.79 Å². The minimum atomic E-state index is -0.916. The van der Waals surface area contributed by atoms with E-state index in [1.165, 1.54) is 5.56 Å². The van der Waals surface area contributed by atoms with E-state index in [4.69, 9.17) is 31.0 Å². The maximum absolute atomic E-state index is 13.4. The quantitative estimate of drug-likeness (QED) is 0.158. The number of ether oxygens (including phenoxy) is 2. The molecule has 0 unspecified atom stereocenters. The lowest BCUT2D eigenvalue weighted by Gasteiger charge is -2.29. The second kappa shape index (κ2) is 12.2. The maximum Gasteiger partial charge on any atom is 0.339 e. The predicted molar refractivity (Wildman–Crippen MR) is 179 cm³/mol. The fraction of sp³-hybridized carbons (Fsp3) is 0.250. The lowest BCUT2D eigenvalue weighted by molar-refractivity contribution is -0.166. The van der Waals surface area contributed by atoms with E-state index in [0.717, 1.165) is 60.6 Å². The molecule has 0 aliphatic heterocycles. The predicted octanol–water partition coefficient (Wildman–Crippen LogP) is 9.41. The number of rotatable bonds is 8. The van der Waals surface area contributed by atoms with Gasteiger partial charge >= 0.3 is 5.97 Å². The summed E-state index contributed by atoms with van der Waals surface area (Å²) in [5, 5.41) is 1.51. The van der Waals surface area contributed by atoms with Crippen LogP contribution in [0.2, 0.25) is 5.02 Å². The number of nitrogens with zero attached hydrogens (tertiary/aromatic N) is 3. The van der Waals surface area contributed by atoms with Gasteiger partial charge in [-0.25, -0.2) is 14.8 Å². The zero-order valence-corrected chi connectivity index (χ0v) is 27.0. The van der Waals surface area contributed by atoms with Crippen LogP contribution in [0, 0.1) is 6.92 Å². The average Bonchev–Trinajstić information content (AvgIpc) is 3.60. The Hall–Kier alpha value is -4.04. The number of esters is 1. The SMILES string of the molecule is CCOC(=O)[C@@H](OC(C)(C)C)c1c(C)cc2nc(-c3ccc4c(c3)ncn4Cc3ccccc3)sc2c1-c1ccc(Cl)cc1. The zero-order chi connectivity index (χ0) is 31.0. The molecule has 6 aromatic rings. The van der Waals surface area contributed by atoms with Crippen LogP contribution in [-0.4, -0.2) is 32.7 Å². The molecule has 0 radical (unpaired) electrons. The van der Waals surface area contributed by atoms with E-state index in [0.29, 0.717) is 5.02 Å². The van der Waals surface area contributed by atoms with Gasteiger partial charge in [-0.15, -0.1) is 11.3 Å². The van der Waals surface area contributed by atoms with E-state index in [1.54, 1.807) is 18.3 Å². The number of hydrogen-bond donors (Lipinski definition) is 0. The third kappa shape index (κ3) is 6.13. The first-order valence-electron chi connectivity index (χ1n) is 14.6. The topological polar surface area (TPSA) is 66.2 Å². The highest BCUT2D eigenvalue weighted by atomic mass is 35.5. The molecule has 2 heterocycles. The van der Waals surface area contributed by atoms with Crippen LogP contribution in [-0.2, 0) is 20.8 Å². The molecule has 224 valence electrons. The van der Waals surface area contributed by atoms with Crippen molar-refractivity contribution in [2.75, 3.05) is 6.61 Å². The van der Waals surface area contributed by atoms with Crippen molar-refractivity contribution in [2.45, 2.75) is 52.9 Å². The highest BCUT2D eigenvalue weighted by Crippen LogP contribution is 2.44. The lowest BCUT2D eigenvalue weighted by atomic mass is 9.91. The molecule has 0 spiro atoms. The number of hydrogen-bond acceptors (Lipinski definition) is 6. The molecule has 0 saturated heterocycles. The van der Waals surface area contributed by atoms with Crippen molar-refractivity contribution in [3.63, 3.8) is 0 Å². The number of thiazole rings is 1. The fourth-order valence-corrected chi connectivity index (χ4v) is 6.72. The number of imidazole rings is 1. The second-order valence-electron chi connectivity index (χ2n) is 11.8. The molecule has 44 heavy (non-hydrogen) atoms. The number of aryl methyl sites for hydroxylation is 1. The fourth-order valence-electron chi connectivity index (χ4n) is 5.48. The van der Waals surface area contributed by atoms with Gasteiger partial charge < -0.3 is 14.0 Å². The summed E-state index contributed by atoms with van der Waals surface area (Å²) < 4.78 is 15.1. The van der Waals surface area contributed by atoms with Gasteiger partial charge in [0.2, 0.25) is 0 Å². The highest BCUT2D eigenvalue weighted by molar-refractivity contribution is 7.22. The van der Waals surface area contributed by atoms with Crippen LogP contribution in [0.4, 0.5) is 0 Å². The molecule has 6 rings (SSSR count). The molecule has 2 aromatic heterocycles. The number of fused-ring (bicyclic) bond motifs is 2. The first-order valence-corrected chi connectivity index (χ1v) is 15.8. The number of carbonyl (C=O) groups excluding carboxylic acids is 1. The largest absolute Gasteiger partial charge is 0.464 e. The minimum Gasteiger partial charge on any atom is -0.464 e. The minimum absolute atomic E-state index is 0.259. The van der Waals surface area contributed by atoms with E-state index >= 15 is 0 Å². The van der Waals surface area contributed by atoms with Crippen molar-refractivity contribution in [1.29, 1.82) is 0 Å². The molecular formula is C36H34ClN3O3S. The molecule has 6 nitrogen and oxygen atoms in total. The summed E-state index contributed by atoms with van der Waals surface area (Å²) in [6, 6.07) is 26.4. The smallest absolute Gasteiger partial charge is 0.339 e. The van der Waals surface area contributed by atoms with Crippen molar-refractivity contribution < 1.29 is 14.3 Å². The monoisotopic (exact) mass is 623 g/mol. The Morgan fingerprint density at radius 2 is 1.70 bits per heavy atom.